The van der Waals surface area contributed by atoms with Gasteiger partial charge in [-0.05, 0) is 38.5 Å². The van der Waals surface area contributed by atoms with Crippen LogP contribution in [0.15, 0.2) is 0 Å². The summed E-state index contributed by atoms with van der Waals surface area (Å²) in [6.45, 7) is 0. The second kappa shape index (κ2) is 4.45. The highest BCUT2D eigenvalue weighted by atomic mass is 16.3. The lowest BCUT2D eigenvalue weighted by molar-refractivity contribution is -0.131. The van der Waals surface area contributed by atoms with Crippen molar-refractivity contribution in [3.8, 4) is 0 Å². The Bertz CT molecular complexity index is 404. The molecule has 3 fully saturated rings. The fourth-order valence-corrected chi connectivity index (χ4v) is 2.82. The van der Waals surface area contributed by atoms with E-state index in [1.165, 1.54) is 0 Å². The van der Waals surface area contributed by atoms with E-state index in [-0.39, 0.29) is 23.4 Å². The molecule has 5 N–H and O–H groups in total. The van der Waals surface area contributed by atoms with E-state index < -0.39 is 18.1 Å². The Labute approximate surface area is 112 Å². The van der Waals surface area contributed by atoms with E-state index >= 15 is 0 Å². The third kappa shape index (κ3) is 2.74. The summed E-state index contributed by atoms with van der Waals surface area (Å²) >= 11 is 0. The van der Waals surface area contributed by atoms with Crippen molar-refractivity contribution >= 4 is 11.8 Å². The molecule has 1 aliphatic heterocycles. The number of carbonyl (C=O) groups is 2. The van der Waals surface area contributed by atoms with Crippen LogP contribution in [-0.4, -0.2) is 40.6 Å². The molecule has 0 bridgehead atoms. The zero-order valence-electron chi connectivity index (χ0n) is 10.9. The van der Waals surface area contributed by atoms with Gasteiger partial charge in [0.25, 0.3) is 5.91 Å². The molecule has 3 atom stereocenters. The zero-order valence-corrected chi connectivity index (χ0v) is 10.9. The van der Waals surface area contributed by atoms with E-state index in [1.807, 2.05) is 0 Å². The zero-order chi connectivity index (χ0) is 13.6. The molecular formula is C13H21N3O3. The topological polar surface area (TPSA) is 104 Å². The lowest BCUT2D eigenvalue weighted by Gasteiger charge is -2.20. The first kappa shape index (κ1) is 12.9. The van der Waals surface area contributed by atoms with Crippen molar-refractivity contribution in [1.29, 1.82) is 0 Å². The van der Waals surface area contributed by atoms with Crippen molar-refractivity contribution in [1.82, 2.24) is 10.6 Å². The standard InChI is InChI=1S/C13H21N3O3/c14-9(10(17)12(19)15-8-1-2-8)5-7-6-13(3-4-13)16-11(7)18/h7-10,17H,1-6,14H2,(H,15,19)(H,16,18)/t7-,9+,10?/m1/s1. The van der Waals surface area contributed by atoms with Gasteiger partial charge in [-0.25, -0.2) is 0 Å². The molecule has 0 aromatic carbocycles. The molecule has 3 aliphatic rings. The van der Waals surface area contributed by atoms with Gasteiger partial charge in [0.2, 0.25) is 5.91 Å². The van der Waals surface area contributed by atoms with Crippen LogP contribution in [0.4, 0.5) is 0 Å². The van der Waals surface area contributed by atoms with E-state index in [0.29, 0.717) is 6.42 Å². The molecule has 6 heteroatoms. The number of nitrogens with one attached hydrogen (secondary N) is 2. The first-order valence-corrected chi connectivity index (χ1v) is 7.05. The first-order valence-electron chi connectivity index (χ1n) is 7.05. The van der Waals surface area contributed by atoms with Gasteiger partial charge in [-0.15, -0.1) is 0 Å². The number of hydrogen-bond donors (Lipinski definition) is 4. The molecule has 3 rings (SSSR count). The molecular weight excluding hydrogens is 246 g/mol. The predicted octanol–water partition coefficient (Wildman–Crippen LogP) is -0.988. The lowest BCUT2D eigenvalue weighted by Crippen LogP contribution is -2.48. The van der Waals surface area contributed by atoms with Crippen molar-refractivity contribution in [3.05, 3.63) is 0 Å². The minimum absolute atomic E-state index is 0.0164. The largest absolute Gasteiger partial charge is 0.382 e. The van der Waals surface area contributed by atoms with E-state index in [2.05, 4.69) is 10.6 Å². The van der Waals surface area contributed by atoms with Gasteiger partial charge in [0.15, 0.2) is 0 Å². The van der Waals surface area contributed by atoms with Crippen LogP contribution in [-0.2, 0) is 9.59 Å². The van der Waals surface area contributed by atoms with Crippen molar-refractivity contribution in [3.63, 3.8) is 0 Å². The van der Waals surface area contributed by atoms with Crippen molar-refractivity contribution in [2.24, 2.45) is 11.7 Å². The molecule has 19 heavy (non-hydrogen) atoms. The number of amides is 2. The molecule has 1 spiro atoms. The van der Waals surface area contributed by atoms with Crippen molar-refractivity contribution in [2.75, 3.05) is 0 Å². The number of aliphatic hydroxyl groups is 1. The van der Waals surface area contributed by atoms with Gasteiger partial charge in [0.05, 0.1) is 0 Å². The minimum atomic E-state index is -1.22. The maximum absolute atomic E-state index is 11.8. The third-order valence-electron chi connectivity index (χ3n) is 4.40. The second-order valence-electron chi connectivity index (χ2n) is 6.30. The first-order chi connectivity index (χ1) is 8.99. The van der Waals surface area contributed by atoms with Crippen LogP contribution in [0, 0.1) is 5.92 Å². The Kier molecular flexibility index (Phi) is 3.02. The molecule has 1 saturated heterocycles. The number of carbonyl (C=O) groups excluding carboxylic acids is 2. The molecule has 0 aromatic heterocycles. The van der Waals surface area contributed by atoms with E-state index in [0.717, 1.165) is 32.1 Å². The third-order valence-corrected chi connectivity index (χ3v) is 4.40. The van der Waals surface area contributed by atoms with Crippen LogP contribution < -0.4 is 16.4 Å². The summed E-state index contributed by atoms with van der Waals surface area (Å²) in [5.41, 5.74) is 5.89. The summed E-state index contributed by atoms with van der Waals surface area (Å²) in [4.78, 5) is 23.5. The Morgan fingerprint density at radius 1 is 1.53 bits per heavy atom. The van der Waals surface area contributed by atoms with Gasteiger partial charge in [-0.3, -0.25) is 9.59 Å². The number of rotatable bonds is 5. The van der Waals surface area contributed by atoms with Gasteiger partial charge in [0, 0.05) is 23.5 Å². The average molecular weight is 267 g/mol. The van der Waals surface area contributed by atoms with Gasteiger partial charge in [-0.2, -0.15) is 0 Å². The summed E-state index contributed by atoms with van der Waals surface area (Å²) in [6, 6.07) is -0.470. The summed E-state index contributed by atoms with van der Waals surface area (Å²) in [6.07, 6.45) is 3.96. The van der Waals surface area contributed by atoms with Gasteiger partial charge >= 0.3 is 0 Å². The molecule has 1 heterocycles. The molecule has 2 saturated carbocycles. The van der Waals surface area contributed by atoms with Gasteiger partial charge in [-0.1, -0.05) is 0 Å². The van der Waals surface area contributed by atoms with Crippen LogP contribution in [0.2, 0.25) is 0 Å². The Balaban J connectivity index is 1.50. The fourth-order valence-electron chi connectivity index (χ4n) is 2.82. The van der Waals surface area contributed by atoms with Crippen LogP contribution in [0.25, 0.3) is 0 Å². The molecule has 6 nitrogen and oxygen atoms in total. The molecule has 0 aromatic rings. The summed E-state index contributed by atoms with van der Waals surface area (Å²) in [7, 11) is 0. The molecule has 2 amide bonds. The Morgan fingerprint density at radius 3 is 2.74 bits per heavy atom. The molecule has 106 valence electrons. The van der Waals surface area contributed by atoms with Gasteiger partial charge < -0.3 is 21.5 Å². The molecule has 2 aliphatic carbocycles. The highest BCUT2D eigenvalue weighted by Crippen LogP contribution is 2.46. The van der Waals surface area contributed by atoms with E-state index in [1.54, 1.807) is 0 Å². The Morgan fingerprint density at radius 2 is 2.21 bits per heavy atom. The van der Waals surface area contributed by atoms with E-state index in [4.69, 9.17) is 5.73 Å². The van der Waals surface area contributed by atoms with Crippen LogP contribution in [0.5, 0.6) is 0 Å². The summed E-state index contributed by atoms with van der Waals surface area (Å²) in [5, 5.41) is 15.6. The predicted molar refractivity (Wildman–Crippen MR) is 68.0 cm³/mol. The lowest BCUT2D eigenvalue weighted by atomic mass is 9.93. The normalized spacial score (nSPS) is 30.8. The SMILES string of the molecule is N[C@@H](C[C@@H]1CC2(CC2)NC1=O)C(O)C(=O)NC1CC1. The molecule has 1 unspecified atom stereocenters. The second-order valence-corrected chi connectivity index (χ2v) is 6.30. The fraction of sp³-hybridized carbons (Fsp3) is 0.846. The van der Waals surface area contributed by atoms with Crippen LogP contribution >= 0.6 is 0 Å². The minimum Gasteiger partial charge on any atom is -0.382 e. The van der Waals surface area contributed by atoms with E-state index in [9.17, 15) is 14.7 Å². The van der Waals surface area contributed by atoms with Crippen molar-refractivity contribution in [2.45, 2.75) is 62.3 Å². The highest BCUT2D eigenvalue weighted by molar-refractivity contribution is 5.84. The maximum Gasteiger partial charge on any atom is 0.250 e. The number of hydrogen-bond acceptors (Lipinski definition) is 4. The quantitative estimate of drug-likeness (QED) is 0.513. The maximum atomic E-state index is 11.8. The average Bonchev–Trinajstić information content (AvgIpc) is 3.25. The smallest absolute Gasteiger partial charge is 0.250 e. The van der Waals surface area contributed by atoms with Gasteiger partial charge in [0.1, 0.15) is 6.10 Å². The number of nitrogens with two attached hydrogens (primary N) is 1. The van der Waals surface area contributed by atoms with Crippen LogP contribution in [0.3, 0.4) is 0 Å². The summed E-state index contributed by atoms with van der Waals surface area (Å²) in [5.74, 6) is -0.557. The molecule has 0 radical (unpaired) electrons. The van der Waals surface area contributed by atoms with Crippen LogP contribution in [0.1, 0.15) is 38.5 Å². The Hall–Kier alpha value is -1.14. The summed E-state index contributed by atoms with van der Waals surface area (Å²) < 4.78 is 0. The number of aliphatic hydroxyl groups excluding tert-OH is 1. The monoisotopic (exact) mass is 267 g/mol. The highest BCUT2D eigenvalue weighted by Gasteiger charge is 2.52. The van der Waals surface area contributed by atoms with Crippen molar-refractivity contribution < 1.29 is 14.7 Å².